The van der Waals surface area contributed by atoms with Crippen LogP contribution in [0.3, 0.4) is 0 Å². The first kappa shape index (κ1) is 15.2. The van der Waals surface area contributed by atoms with Crippen LogP contribution in [-0.2, 0) is 4.79 Å². The number of hydrogen-bond acceptors (Lipinski definition) is 4. The highest BCUT2D eigenvalue weighted by Gasteiger charge is 2.52. The average molecular weight is 320 g/mol. The highest BCUT2D eigenvalue weighted by molar-refractivity contribution is 7.99. The number of aryl methyl sites for hydroxylation is 1. The Morgan fingerprint density at radius 3 is 2.91 bits per heavy atom. The molecule has 3 amide bonds. The van der Waals surface area contributed by atoms with Gasteiger partial charge in [-0.15, -0.1) is 0 Å². The van der Waals surface area contributed by atoms with Gasteiger partial charge in [0.2, 0.25) is 0 Å². The SMILES string of the molecule is Cc1ccccc1OCCCN1C(=O)N[C@]2(CCSC2)C1=O. The summed E-state index contributed by atoms with van der Waals surface area (Å²) in [6.45, 7) is 2.89. The number of nitrogens with zero attached hydrogens (tertiary/aromatic N) is 1. The quantitative estimate of drug-likeness (QED) is 0.667. The molecule has 22 heavy (non-hydrogen) atoms. The van der Waals surface area contributed by atoms with Crippen molar-refractivity contribution in [1.82, 2.24) is 10.2 Å². The Morgan fingerprint density at radius 2 is 2.18 bits per heavy atom. The molecule has 2 fully saturated rings. The van der Waals surface area contributed by atoms with Crippen LogP contribution in [-0.4, -0.2) is 47.0 Å². The number of rotatable bonds is 5. The Morgan fingerprint density at radius 1 is 1.36 bits per heavy atom. The molecule has 1 spiro atoms. The van der Waals surface area contributed by atoms with E-state index < -0.39 is 5.54 Å². The Bertz CT molecular complexity index is 585. The zero-order valence-electron chi connectivity index (χ0n) is 12.6. The van der Waals surface area contributed by atoms with Gasteiger partial charge >= 0.3 is 6.03 Å². The minimum Gasteiger partial charge on any atom is -0.493 e. The largest absolute Gasteiger partial charge is 0.493 e. The van der Waals surface area contributed by atoms with Crippen LogP contribution in [0.25, 0.3) is 0 Å². The summed E-state index contributed by atoms with van der Waals surface area (Å²) in [6.07, 6.45) is 1.37. The molecule has 0 unspecified atom stereocenters. The molecular formula is C16H20N2O3S. The number of imide groups is 1. The lowest BCUT2D eigenvalue weighted by Gasteiger charge is -2.19. The Balaban J connectivity index is 1.51. The van der Waals surface area contributed by atoms with Crippen LogP contribution >= 0.6 is 11.8 Å². The van der Waals surface area contributed by atoms with Gasteiger partial charge in [-0.05, 0) is 37.1 Å². The zero-order valence-corrected chi connectivity index (χ0v) is 13.4. The number of amides is 3. The number of thioether (sulfide) groups is 1. The number of benzene rings is 1. The molecule has 1 aromatic rings. The van der Waals surface area contributed by atoms with E-state index in [2.05, 4.69) is 5.32 Å². The van der Waals surface area contributed by atoms with Crippen molar-refractivity contribution in [2.75, 3.05) is 24.7 Å². The molecule has 1 aromatic carbocycles. The fourth-order valence-electron chi connectivity index (χ4n) is 2.83. The molecule has 2 saturated heterocycles. The van der Waals surface area contributed by atoms with E-state index in [1.165, 1.54) is 4.90 Å². The third-order valence-corrected chi connectivity index (χ3v) is 5.33. The summed E-state index contributed by atoms with van der Waals surface area (Å²) in [5, 5.41) is 2.87. The van der Waals surface area contributed by atoms with E-state index in [0.717, 1.165) is 23.5 Å². The Labute approximate surface area is 134 Å². The summed E-state index contributed by atoms with van der Waals surface area (Å²) in [4.78, 5) is 25.8. The minimum atomic E-state index is -0.640. The van der Waals surface area contributed by atoms with Gasteiger partial charge in [0.25, 0.3) is 5.91 Å². The summed E-state index contributed by atoms with van der Waals surface area (Å²) in [5.41, 5.74) is 0.443. The van der Waals surface area contributed by atoms with Crippen molar-refractivity contribution in [2.45, 2.75) is 25.3 Å². The van der Waals surface area contributed by atoms with Crippen molar-refractivity contribution in [1.29, 1.82) is 0 Å². The fourth-order valence-corrected chi connectivity index (χ4v) is 4.16. The smallest absolute Gasteiger partial charge is 0.325 e. The summed E-state index contributed by atoms with van der Waals surface area (Å²) in [5.74, 6) is 2.39. The molecule has 0 saturated carbocycles. The van der Waals surface area contributed by atoms with Crippen molar-refractivity contribution in [2.24, 2.45) is 0 Å². The first-order valence-electron chi connectivity index (χ1n) is 7.53. The number of carbonyl (C=O) groups is 2. The van der Waals surface area contributed by atoms with Crippen LogP contribution in [0.1, 0.15) is 18.4 Å². The van der Waals surface area contributed by atoms with Gasteiger partial charge in [0.15, 0.2) is 0 Å². The van der Waals surface area contributed by atoms with Crippen LogP contribution < -0.4 is 10.1 Å². The minimum absolute atomic E-state index is 0.0709. The predicted octanol–water partition coefficient (Wildman–Crippen LogP) is 2.19. The third kappa shape index (κ3) is 2.79. The van der Waals surface area contributed by atoms with E-state index in [4.69, 9.17) is 4.74 Å². The number of hydrogen-bond donors (Lipinski definition) is 1. The van der Waals surface area contributed by atoms with E-state index in [9.17, 15) is 9.59 Å². The van der Waals surface area contributed by atoms with Crippen molar-refractivity contribution in [3.8, 4) is 5.75 Å². The number of carbonyl (C=O) groups excluding carboxylic acids is 2. The zero-order chi connectivity index (χ0) is 15.6. The van der Waals surface area contributed by atoms with E-state index in [1.54, 1.807) is 11.8 Å². The Kier molecular flexibility index (Phi) is 4.29. The van der Waals surface area contributed by atoms with Crippen LogP contribution in [0.5, 0.6) is 5.75 Å². The second-order valence-electron chi connectivity index (χ2n) is 5.74. The standard InChI is InChI=1S/C16H20N2O3S/c1-12-5-2-3-6-13(12)21-9-4-8-18-14(19)16(17-15(18)20)7-10-22-11-16/h2-3,5-6H,4,7-11H2,1H3,(H,17,20)/t16-/m0/s1. The van der Waals surface area contributed by atoms with Gasteiger partial charge in [0, 0.05) is 12.3 Å². The first-order valence-corrected chi connectivity index (χ1v) is 8.68. The monoisotopic (exact) mass is 320 g/mol. The molecule has 0 radical (unpaired) electrons. The van der Waals surface area contributed by atoms with Gasteiger partial charge in [-0.2, -0.15) is 11.8 Å². The number of urea groups is 1. The average Bonchev–Trinajstić information content (AvgIpc) is 3.05. The van der Waals surface area contributed by atoms with Crippen molar-refractivity contribution in [3.05, 3.63) is 29.8 Å². The van der Waals surface area contributed by atoms with E-state index in [-0.39, 0.29) is 11.9 Å². The lowest BCUT2D eigenvalue weighted by atomic mass is 9.99. The van der Waals surface area contributed by atoms with E-state index in [1.807, 2.05) is 31.2 Å². The highest BCUT2D eigenvalue weighted by Crippen LogP contribution is 2.33. The van der Waals surface area contributed by atoms with Crippen LogP contribution in [0.2, 0.25) is 0 Å². The van der Waals surface area contributed by atoms with Gasteiger partial charge < -0.3 is 10.1 Å². The lowest BCUT2D eigenvalue weighted by Crippen LogP contribution is -2.47. The summed E-state index contributed by atoms with van der Waals surface area (Å²) >= 11 is 1.72. The molecule has 0 bridgehead atoms. The maximum atomic E-state index is 12.4. The van der Waals surface area contributed by atoms with Crippen LogP contribution in [0, 0.1) is 6.92 Å². The summed E-state index contributed by atoms with van der Waals surface area (Å²) in [6, 6.07) is 7.56. The molecule has 6 heteroatoms. The molecule has 3 rings (SSSR count). The topological polar surface area (TPSA) is 58.6 Å². The van der Waals surface area contributed by atoms with Gasteiger partial charge in [-0.25, -0.2) is 4.79 Å². The van der Waals surface area contributed by atoms with Crippen molar-refractivity contribution >= 4 is 23.7 Å². The van der Waals surface area contributed by atoms with Gasteiger partial charge in [0.05, 0.1) is 6.61 Å². The molecular weight excluding hydrogens is 300 g/mol. The van der Waals surface area contributed by atoms with E-state index in [0.29, 0.717) is 25.3 Å². The van der Waals surface area contributed by atoms with E-state index >= 15 is 0 Å². The van der Waals surface area contributed by atoms with Crippen LogP contribution in [0.4, 0.5) is 4.79 Å². The van der Waals surface area contributed by atoms with Gasteiger partial charge in [-0.1, -0.05) is 18.2 Å². The molecule has 1 N–H and O–H groups in total. The maximum Gasteiger partial charge on any atom is 0.325 e. The molecule has 2 heterocycles. The highest BCUT2D eigenvalue weighted by atomic mass is 32.2. The Hall–Kier alpha value is -1.69. The summed E-state index contributed by atoms with van der Waals surface area (Å²) < 4.78 is 5.71. The van der Waals surface area contributed by atoms with Crippen molar-refractivity contribution in [3.63, 3.8) is 0 Å². The molecule has 1 atom stereocenters. The number of nitrogens with one attached hydrogen (secondary N) is 1. The molecule has 0 aromatic heterocycles. The predicted molar refractivity (Wildman–Crippen MR) is 86.2 cm³/mol. The number of ether oxygens (including phenoxy) is 1. The normalized spacial score (nSPS) is 24.1. The van der Waals surface area contributed by atoms with Crippen LogP contribution in [0.15, 0.2) is 24.3 Å². The van der Waals surface area contributed by atoms with Crippen molar-refractivity contribution < 1.29 is 14.3 Å². The second-order valence-corrected chi connectivity index (χ2v) is 6.84. The first-order chi connectivity index (χ1) is 10.6. The second kappa shape index (κ2) is 6.20. The third-order valence-electron chi connectivity index (χ3n) is 4.14. The van der Waals surface area contributed by atoms with Gasteiger partial charge in [-0.3, -0.25) is 9.69 Å². The fraction of sp³-hybridized carbons (Fsp3) is 0.500. The molecule has 0 aliphatic carbocycles. The van der Waals surface area contributed by atoms with Gasteiger partial charge in [0.1, 0.15) is 11.3 Å². The molecule has 5 nitrogen and oxygen atoms in total. The molecule has 118 valence electrons. The molecule has 2 aliphatic rings. The lowest BCUT2D eigenvalue weighted by molar-refractivity contribution is -0.130. The summed E-state index contributed by atoms with van der Waals surface area (Å²) in [7, 11) is 0. The maximum absolute atomic E-state index is 12.4. The molecule has 2 aliphatic heterocycles. The number of para-hydroxylation sites is 1.